The van der Waals surface area contributed by atoms with Gasteiger partial charge in [-0.05, 0) is 18.1 Å². The topological polar surface area (TPSA) is 78.8 Å². The molecule has 1 N–H and O–H groups in total. The van der Waals surface area contributed by atoms with Crippen molar-refractivity contribution < 1.29 is 14.6 Å². The van der Waals surface area contributed by atoms with Gasteiger partial charge in [-0.15, -0.1) is 0 Å². The first-order valence-electron chi connectivity index (χ1n) is 9.79. The number of ether oxygens (including phenoxy) is 1. The van der Waals surface area contributed by atoms with E-state index in [1.54, 1.807) is 13.3 Å². The molecule has 0 bridgehead atoms. The monoisotopic (exact) mass is 382 g/mol. The van der Waals surface area contributed by atoms with Crippen molar-refractivity contribution in [2.24, 2.45) is 0 Å². The van der Waals surface area contributed by atoms with Crippen molar-refractivity contribution in [2.45, 2.75) is 18.8 Å². The Labute approximate surface area is 165 Å². The number of aliphatic hydroxyl groups excluding tert-OH is 1. The molecule has 1 aromatic carbocycles. The number of carbonyl (C=O) groups is 1. The largest absolute Gasteiger partial charge is 0.496 e. The summed E-state index contributed by atoms with van der Waals surface area (Å²) in [6.45, 7) is 4.29. The first-order chi connectivity index (χ1) is 13.7. The zero-order valence-electron chi connectivity index (χ0n) is 16.2. The number of aliphatic hydroxyl groups is 1. The standard InChI is InChI=1S/C21H26N4O3/c1-28-20-5-3-2-4-16(20)15-12-18-17(19(27)13-15)14-22-21(23-18)25-8-6-24(7-9-25)10-11-26/h2-5,14-15,26H,6-13H2,1H3. The molecule has 1 aliphatic heterocycles. The van der Waals surface area contributed by atoms with Gasteiger partial charge in [0.1, 0.15) is 5.75 Å². The van der Waals surface area contributed by atoms with Crippen LogP contribution in [0.1, 0.15) is 34.0 Å². The molecule has 7 heteroatoms. The van der Waals surface area contributed by atoms with Crippen LogP contribution in [0.15, 0.2) is 30.5 Å². The summed E-state index contributed by atoms with van der Waals surface area (Å²) in [6.07, 6.45) is 2.86. The van der Waals surface area contributed by atoms with Crippen LogP contribution in [0.2, 0.25) is 0 Å². The van der Waals surface area contributed by atoms with Gasteiger partial charge in [0.25, 0.3) is 0 Å². The van der Waals surface area contributed by atoms with E-state index in [1.807, 2.05) is 24.3 Å². The van der Waals surface area contributed by atoms with E-state index in [1.165, 1.54) is 0 Å². The van der Waals surface area contributed by atoms with E-state index in [2.05, 4.69) is 14.8 Å². The van der Waals surface area contributed by atoms with Crippen LogP contribution in [0.4, 0.5) is 5.95 Å². The Kier molecular flexibility index (Phi) is 5.54. The number of hydrogen-bond acceptors (Lipinski definition) is 7. The second kappa shape index (κ2) is 8.24. The number of fused-ring (bicyclic) bond motifs is 1. The third-order valence-electron chi connectivity index (χ3n) is 5.68. The summed E-state index contributed by atoms with van der Waals surface area (Å²) in [5, 5.41) is 9.09. The molecule has 1 atom stereocenters. The molecule has 28 heavy (non-hydrogen) atoms. The van der Waals surface area contributed by atoms with Crippen LogP contribution in [0.5, 0.6) is 5.75 Å². The Bertz CT molecular complexity index is 849. The van der Waals surface area contributed by atoms with Crippen LogP contribution in [0, 0.1) is 0 Å². The third kappa shape index (κ3) is 3.72. The number of hydrogen-bond donors (Lipinski definition) is 1. The number of carbonyl (C=O) groups excluding carboxylic acids is 1. The molecule has 1 aromatic heterocycles. The quantitative estimate of drug-likeness (QED) is 0.840. The third-order valence-corrected chi connectivity index (χ3v) is 5.68. The lowest BCUT2D eigenvalue weighted by Crippen LogP contribution is -2.47. The second-order valence-electron chi connectivity index (χ2n) is 7.35. The number of ketones is 1. The predicted molar refractivity (Wildman–Crippen MR) is 106 cm³/mol. The van der Waals surface area contributed by atoms with E-state index in [4.69, 9.17) is 14.8 Å². The molecule has 1 fully saturated rings. The maximum Gasteiger partial charge on any atom is 0.225 e. The van der Waals surface area contributed by atoms with Gasteiger partial charge < -0.3 is 14.7 Å². The number of anilines is 1. The number of methoxy groups -OCH3 is 1. The first kappa shape index (κ1) is 18.8. The molecule has 2 heterocycles. The number of rotatable bonds is 5. The van der Waals surface area contributed by atoms with E-state index in [9.17, 15) is 4.79 Å². The summed E-state index contributed by atoms with van der Waals surface area (Å²) < 4.78 is 5.50. The van der Waals surface area contributed by atoms with Gasteiger partial charge in [-0.3, -0.25) is 9.69 Å². The van der Waals surface area contributed by atoms with Gasteiger partial charge >= 0.3 is 0 Å². The van der Waals surface area contributed by atoms with Crippen molar-refractivity contribution in [1.82, 2.24) is 14.9 Å². The SMILES string of the molecule is COc1ccccc1C1CC(=O)c2cnc(N3CCN(CCO)CC3)nc2C1. The van der Waals surface area contributed by atoms with Crippen molar-refractivity contribution in [3.8, 4) is 5.75 Å². The molecular weight excluding hydrogens is 356 g/mol. The van der Waals surface area contributed by atoms with Crippen LogP contribution in [-0.2, 0) is 6.42 Å². The van der Waals surface area contributed by atoms with Crippen molar-refractivity contribution >= 4 is 11.7 Å². The smallest absolute Gasteiger partial charge is 0.225 e. The van der Waals surface area contributed by atoms with Gasteiger partial charge in [-0.25, -0.2) is 9.97 Å². The van der Waals surface area contributed by atoms with Crippen LogP contribution in [0.3, 0.4) is 0 Å². The summed E-state index contributed by atoms with van der Waals surface area (Å²) >= 11 is 0. The van der Waals surface area contributed by atoms with Crippen molar-refractivity contribution in [3.05, 3.63) is 47.3 Å². The molecule has 7 nitrogen and oxygen atoms in total. The lowest BCUT2D eigenvalue weighted by molar-refractivity contribution is 0.0962. The zero-order valence-corrected chi connectivity index (χ0v) is 16.2. The molecule has 1 saturated heterocycles. The Hall–Kier alpha value is -2.51. The molecular formula is C21H26N4O3. The summed E-state index contributed by atoms with van der Waals surface area (Å²) in [6, 6.07) is 7.89. The highest BCUT2D eigenvalue weighted by Gasteiger charge is 2.30. The minimum Gasteiger partial charge on any atom is -0.496 e. The number of aromatic nitrogens is 2. The van der Waals surface area contributed by atoms with E-state index in [0.29, 0.717) is 30.9 Å². The first-order valence-corrected chi connectivity index (χ1v) is 9.79. The molecule has 0 radical (unpaired) electrons. The minimum atomic E-state index is 0.0697. The Morgan fingerprint density at radius 2 is 1.96 bits per heavy atom. The number of piperazine rings is 1. The average molecular weight is 382 g/mol. The summed E-state index contributed by atoms with van der Waals surface area (Å²) in [7, 11) is 1.66. The van der Waals surface area contributed by atoms with Crippen molar-refractivity contribution in [3.63, 3.8) is 0 Å². The maximum atomic E-state index is 12.7. The van der Waals surface area contributed by atoms with Gasteiger partial charge in [0.15, 0.2) is 5.78 Å². The zero-order chi connectivity index (χ0) is 19.5. The Balaban J connectivity index is 1.55. The van der Waals surface area contributed by atoms with Crippen molar-refractivity contribution in [2.75, 3.05) is 51.3 Å². The second-order valence-corrected chi connectivity index (χ2v) is 7.35. The molecule has 1 aliphatic carbocycles. The minimum absolute atomic E-state index is 0.0697. The summed E-state index contributed by atoms with van der Waals surface area (Å²) in [5.41, 5.74) is 2.53. The lowest BCUT2D eigenvalue weighted by Gasteiger charge is -2.34. The number of Topliss-reactive ketones (excluding diaryl/α,β-unsaturated/α-hetero) is 1. The highest BCUT2D eigenvalue weighted by atomic mass is 16.5. The number of benzene rings is 1. The molecule has 0 amide bonds. The van der Waals surface area contributed by atoms with Gasteiger partial charge in [-0.2, -0.15) is 0 Å². The number of nitrogens with zero attached hydrogens (tertiary/aromatic N) is 4. The van der Waals surface area contributed by atoms with Crippen LogP contribution in [0.25, 0.3) is 0 Å². The van der Waals surface area contributed by atoms with Crippen LogP contribution >= 0.6 is 0 Å². The van der Waals surface area contributed by atoms with E-state index in [-0.39, 0.29) is 18.3 Å². The highest BCUT2D eigenvalue weighted by molar-refractivity contribution is 5.98. The fourth-order valence-electron chi connectivity index (χ4n) is 4.12. The van der Waals surface area contributed by atoms with E-state index >= 15 is 0 Å². The van der Waals surface area contributed by atoms with Gasteiger partial charge in [0, 0.05) is 51.3 Å². The van der Waals surface area contributed by atoms with Crippen LogP contribution < -0.4 is 9.64 Å². The summed E-state index contributed by atoms with van der Waals surface area (Å²) in [4.78, 5) is 26.3. The Morgan fingerprint density at radius 3 is 2.71 bits per heavy atom. The van der Waals surface area contributed by atoms with E-state index < -0.39 is 0 Å². The maximum absolute atomic E-state index is 12.7. The van der Waals surface area contributed by atoms with Gasteiger partial charge in [0.2, 0.25) is 5.95 Å². The molecule has 0 saturated carbocycles. The molecule has 2 aliphatic rings. The molecule has 1 unspecified atom stereocenters. The summed E-state index contributed by atoms with van der Waals surface area (Å²) in [5.74, 6) is 1.67. The molecule has 4 rings (SSSR count). The lowest BCUT2D eigenvalue weighted by atomic mass is 9.82. The Morgan fingerprint density at radius 1 is 1.18 bits per heavy atom. The number of β-amino-alcohol motifs (C(OH)–C–C–N with tert-alkyl or cyclic N) is 1. The predicted octanol–water partition coefficient (Wildman–Crippen LogP) is 1.51. The van der Waals surface area contributed by atoms with E-state index in [0.717, 1.165) is 43.2 Å². The molecule has 148 valence electrons. The fourth-order valence-corrected chi connectivity index (χ4v) is 4.12. The highest BCUT2D eigenvalue weighted by Crippen LogP contribution is 2.36. The molecule has 2 aromatic rings. The average Bonchev–Trinajstić information content (AvgIpc) is 2.74. The van der Waals surface area contributed by atoms with Crippen LogP contribution in [-0.4, -0.2) is 72.2 Å². The fraction of sp³-hybridized carbons (Fsp3) is 0.476. The number of para-hydroxylation sites is 1. The molecule has 0 spiro atoms. The van der Waals surface area contributed by atoms with Gasteiger partial charge in [-0.1, -0.05) is 18.2 Å². The normalized spacial score (nSPS) is 20.1. The van der Waals surface area contributed by atoms with Gasteiger partial charge in [0.05, 0.1) is 25.0 Å². The van der Waals surface area contributed by atoms with Crippen molar-refractivity contribution in [1.29, 1.82) is 0 Å².